The highest BCUT2D eigenvalue weighted by Gasteiger charge is 2.13. The summed E-state index contributed by atoms with van der Waals surface area (Å²) in [6, 6.07) is 4.13. The molecule has 3 rings (SSSR count). The van der Waals surface area contributed by atoms with Gasteiger partial charge in [-0.25, -0.2) is 9.97 Å². The molecule has 20 heavy (non-hydrogen) atoms. The Bertz CT molecular complexity index is 802. The number of alkyl halides is 1. The third-order valence-electron chi connectivity index (χ3n) is 2.93. The molecule has 0 saturated heterocycles. The van der Waals surface area contributed by atoms with Crippen LogP contribution in [0.25, 0.3) is 22.3 Å². The second-order valence-electron chi connectivity index (χ2n) is 4.19. The van der Waals surface area contributed by atoms with Crippen molar-refractivity contribution in [3.8, 4) is 17.3 Å². The minimum Gasteiger partial charge on any atom is -0.317 e. The van der Waals surface area contributed by atoms with Crippen molar-refractivity contribution < 1.29 is 0 Å². The van der Waals surface area contributed by atoms with E-state index in [9.17, 15) is 0 Å². The van der Waals surface area contributed by atoms with Crippen molar-refractivity contribution >= 4 is 43.0 Å². The van der Waals surface area contributed by atoms with Gasteiger partial charge in [-0.3, -0.25) is 4.68 Å². The molecule has 0 saturated carbocycles. The lowest BCUT2D eigenvalue weighted by Gasteiger charge is -2.04. The van der Waals surface area contributed by atoms with Gasteiger partial charge in [-0.1, -0.05) is 22.6 Å². The number of halogens is 1. The molecular weight excluding hydrogens is 386 g/mol. The number of hydrogen-bond acceptors (Lipinski definition) is 4. The first-order valence-corrected chi connectivity index (χ1v) is 7.59. The second kappa shape index (κ2) is 5.46. The Labute approximate surface area is 131 Å². The Morgan fingerprint density at radius 2 is 2.30 bits per heavy atom. The number of hydrogen-bond donors (Lipinski definition) is 0. The van der Waals surface area contributed by atoms with Crippen molar-refractivity contribution in [1.29, 1.82) is 5.26 Å². The van der Waals surface area contributed by atoms with E-state index in [0.29, 0.717) is 6.42 Å². The van der Waals surface area contributed by atoms with Crippen LogP contribution in [0, 0.1) is 11.3 Å². The van der Waals surface area contributed by atoms with E-state index in [1.54, 1.807) is 17.2 Å². The zero-order chi connectivity index (χ0) is 14.1. The smallest absolute Gasteiger partial charge is 0.146 e. The van der Waals surface area contributed by atoms with Gasteiger partial charge in [0.25, 0.3) is 0 Å². The van der Waals surface area contributed by atoms with Gasteiger partial charge in [0.2, 0.25) is 0 Å². The summed E-state index contributed by atoms with van der Waals surface area (Å²) in [5.74, 6) is 0. The Kier molecular flexibility index (Phi) is 3.68. The van der Waals surface area contributed by atoms with Crippen LogP contribution in [0.3, 0.4) is 0 Å². The van der Waals surface area contributed by atoms with Crippen molar-refractivity contribution in [3.05, 3.63) is 31.0 Å². The topological polar surface area (TPSA) is 72.3 Å². The normalized spacial score (nSPS) is 12.4. The second-order valence-corrected chi connectivity index (χ2v) is 6.18. The molecule has 2 atom stereocenters. The lowest BCUT2D eigenvalue weighted by molar-refractivity contribution is 0.633. The SMILES string of the molecule is N#CCC(I)n1cc(-c2ncnc3c2ccn3P)cn1. The first-order valence-electron chi connectivity index (χ1n) is 5.83. The summed E-state index contributed by atoms with van der Waals surface area (Å²) in [6.07, 6.45) is 7.57. The number of aromatic nitrogens is 5. The fourth-order valence-electron chi connectivity index (χ4n) is 1.98. The maximum atomic E-state index is 8.74. The number of fused-ring (bicyclic) bond motifs is 1. The third kappa shape index (κ3) is 2.30. The van der Waals surface area contributed by atoms with Gasteiger partial charge in [-0.05, 0) is 15.5 Å². The molecule has 0 aliphatic rings. The molecule has 8 heteroatoms. The molecule has 0 aliphatic carbocycles. The summed E-state index contributed by atoms with van der Waals surface area (Å²) in [5.41, 5.74) is 2.63. The fourth-order valence-corrected chi connectivity index (χ4v) is 2.78. The predicted octanol–water partition coefficient (Wildman–Crippen LogP) is 2.78. The average molecular weight is 396 g/mol. The molecule has 2 unspecified atom stereocenters. The van der Waals surface area contributed by atoms with Gasteiger partial charge in [0, 0.05) is 23.3 Å². The van der Waals surface area contributed by atoms with Gasteiger partial charge in [-0.2, -0.15) is 10.4 Å². The van der Waals surface area contributed by atoms with E-state index in [-0.39, 0.29) is 4.05 Å². The predicted molar refractivity (Wildman–Crippen MR) is 87.1 cm³/mol. The van der Waals surface area contributed by atoms with Crippen LogP contribution in [0.15, 0.2) is 31.0 Å². The van der Waals surface area contributed by atoms with Crippen LogP contribution in [-0.2, 0) is 0 Å². The summed E-state index contributed by atoms with van der Waals surface area (Å²) in [5, 5.41) is 14.0. The lowest BCUT2D eigenvalue weighted by Crippen LogP contribution is -2.00. The van der Waals surface area contributed by atoms with E-state index in [1.165, 1.54) is 0 Å². The van der Waals surface area contributed by atoms with Gasteiger partial charge in [-0.15, -0.1) is 0 Å². The number of nitriles is 1. The molecule has 0 aliphatic heterocycles. The van der Waals surface area contributed by atoms with E-state index >= 15 is 0 Å². The molecule has 0 radical (unpaired) electrons. The number of nitrogens with zero attached hydrogens (tertiary/aromatic N) is 6. The molecule has 100 valence electrons. The van der Waals surface area contributed by atoms with Gasteiger partial charge in [0.15, 0.2) is 0 Å². The lowest BCUT2D eigenvalue weighted by atomic mass is 10.2. The highest BCUT2D eigenvalue weighted by Crippen LogP contribution is 2.28. The van der Waals surface area contributed by atoms with Crippen LogP contribution in [0.4, 0.5) is 0 Å². The van der Waals surface area contributed by atoms with Gasteiger partial charge < -0.3 is 4.34 Å². The summed E-state index contributed by atoms with van der Waals surface area (Å²) in [4.78, 5) is 8.61. The van der Waals surface area contributed by atoms with Crippen LogP contribution in [0.1, 0.15) is 10.5 Å². The van der Waals surface area contributed by atoms with Crippen LogP contribution in [0.2, 0.25) is 0 Å². The average Bonchev–Trinajstić information content (AvgIpc) is 3.07. The van der Waals surface area contributed by atoms with E-state index in [1.807, 2.05) is 22.8 Å². The maximum absolute atomic E-state index is 8.74. The molecule has 3 aromatic rings. The monoisotopic (exact) mass is 396 g/mol. The Morgan fingerprint density at radius 1 is 1.45 bits per heavy atom. The largest absolute Gasteiger partial charge is 0.317 e. The first-order chi connectivity index (χ1) is 9.70. The zero-order valence-corrected chi connectivity index (χ0v) is 13.6. The molecule has 0 spiro atoms. The Hall–Kier alpha value is -1.52. The summed E-state index contributed by atoms with van der Waals surface area (Å²) in [7, 11) is 2.59. The van der Waals surface area contributed by atoms with E-state index in [2.05, 4.69) is 53.1 Å². The number of rotatable bonds is 3. The van der Waals surface area contributed by atoms with E-state index in [4.69, 9.17) is 5.26 Å². The van der Waals surface area contributed by atoms with Crippen molar-refractivity contribution in [2.24, 2.45) is 0 Å². The van der Waals surface area contributed by atoms with Crippen LogP contribution in [-0.4, -0.2) is 24.1 Å². The van der Waals surface area contributed by atoms with Crippen molar-refractivity contribution in [2.45, 2.75) is 10.5 Å². The van der Waals surface area contributed by atoms with Gasteiger partial charge in [0.05, 0.1) is 24.4 Å². The van der Waals surface area contributed by atoms with Crippen LogP contribution < -0.4 is 0 Å². The summed E-state index contributed by atoms with van der Waals surface area (Å²) < 4.78 is 3.68. The molecule has 0 amide bonds. The van der Waals surface area contributed by atoms with Crippen LogP contribution in [0.5, 0.6) is 0 Å². The van der Waals surface area contributed by atoms with E-state index < -0.39 is 0 Å². The minimum atomic E-state index is 0.0232. The molecular formula is C12H10IN6P. The van der Waals surface area contributed by atoms with E-state index in [0.717, 1.165) is 22.3 Å². The molecule has 0 bridgehead atoms. The molecule has 3 heterocycles. The van der Waals surface area contributed by atoms with Crippen molar-refractivity contribution in [3.63, 3.8) is 0 Å². The van der Waals surface area contributed by atoms with Crippen molar-refractivity contribution in [1.82, 2.24) is 24.1 Å². The highest BCUT2D eigenvalue weighted by atomic mass is 127. The molecule has 3 aromatic heterocycles. The molecule has 6 nitrogen and oxygen atoms in total. The molecule has 0 N–H and O–H groups in total. The zero-order valence-electron chi connectivity index (χ0n) is 10.3. The summed E-state index contributed by atoms with van der Waals surface area (Å²) >= 11 is 2.20. The Morgan fingerprint density at radius 3 is 3.10 bits per heavy atom. The molecule has 0 fully saturated rings. The first kappa shape index (κ1) is 13.5. The summed E-state index contributed by atoms with van der Waals surface area (Å²) in [6.45, 7) is 0. The minimum absolute atomic E-state index is 0.0232. The van der Waals surface area contributed by atoms with Gasteiger partial charge >= 0.3 is 0 Å². The Balaban J connectivity index is 2.06. The van der Waals surface area contributed by atoms with Crippen molar-refractivity contribution in [2.75, 3.05) is 0 Å². The van der Waals surface area contributed by atoms with Gasteiger partial charge in [0.1, 0.15) is 16.0 Å². The maximum Gasteiger partial charge on any atom is 0.146 e. The standard InChI is InChI=1S/C12H10IN6P/c13-10(1-3-14)18-6-8(5-17-18)11-9-2-4-19(20)12(9)16-7-15-11/h2,4-7,10H,1,20H2. The molecule has 0 aromatic carbocycles. The highest BCUT2D eigenvalue weighted by molar-refractivity contribution is 14.1. The third-order valence-corrected chi connectivity index (χ3v) is 4.36. The quantitative estimate of drug-likeness (QED) is 0.388. The van der Waals surface area contributed by atoms with Crippen LogP contribution >= 0.6 is 32.0 Å². The fraction of sp³-hybridized carbons (Fsp3) is 0.167.